The van der Waals surface area contributed by atoms with Gasteiger partial charge in [0.2, 0.25) is 0 Å². The quantitative estimate of drug-likeness (QED) is 0.573. The Labute approximate surface area is 161 Å². The summed E-state index contributed by atoms with van der Waals surface area (Å²) in [6, 6.07) is 6.12. The second-order valence-corrected chi connectivity index (χ2v) is 7.50. The van der Waals surface area contributed by atoms with Gasteiger partial charge in [0.25, 0.3) is 0 Å². The van der Waals surface area contributed by atoms with Gasteiger partial charge in [0.15, 0.2) is 5.76 Å². The van der Waals surface area contributed by atoms with E-state index >= 15 is 0 Å². The summed E-state index contributed by atoms with van der Waals surface area (Å²) in [7, 11) is 0. The molecule has 27 heavy (non-hydrogen) atoms. The molecule has 4 heteroatoms. The fourth-order valence-corrected chi connectivity index (χ4v) is 3.70. The first kappa shape index (κ1) is 19.5. The lowest BCUT2D eigenvalue weighted by molar-refractivity contribution is 0.178. The van der Waals surface area contributed by atoms with Crippen LogP contribution in [0.15, 0.2) is 27.4 Å². The van der Waals surface area contributed by atoms with Crippen LogP contribution in [-0.4, -0.2) is 5.11 Å². The Kier molecular flexibility index (Phi) is 6.25. The minimum atomic E-state index is -0.485. The van der Waals surface area contributed by atoms with E-state index in [-0.39, 0.29) is 17.4 Å². The highest BCUT2D eigenvalue weighted by Gasteiger charge is 2.32. The van der Waals surface area contributed by atoms with Gasteiger partial charge in [-0.3, -0.25) is 0 Å². The molecule has 1 atom stereocenters. The Morgan fingerprint density at radius 1 is 1.07 bits per heavy atom. The molecule has 0 aliphatic carbocycles. The van der Waals surface area contributed by atoms with Crippen molar-refractivity contribution in [3.8, 4) is 22.8 Å². The van der Waals surface area contributed by atoms with Crippen LogP contribution in [0.25, 0.3) is 11.3 Å². The maximum atomic E-state index is 12.2. The van der Waals surface area contributed by atoms with Crippen molar-refractivity contribution < 1.29 is 14.3 Å². The lowest BCUT2D eigenvalue weighted by Crippen LogP contribution is -2.18. The van der Waals surface area contributed by atoms with Crippen LogP contribution < -0.4 is 10.4 Å². The first-order valence-electron chi connectivity index (χ1n) is 10.2. The number of hydrogen-bond donors (Lipinski definition) is 1. The third-order valence-corrected chi connectivity index (χ3v) is 5.37. The molecular formula is C23H30O4. The van der Waals surface area contributed by atoms with Gasteiger partial charge in [-0.25, -0.2) is 4.79 Å². The van der Waals surface area contributed by atoms with Crippen LogP contribution in [-0.2, 0) is 6.42 Å². The third-order valence-electron chi connectivity index (χ3n) is 5.37. The summed E-state index contributed by atoms with van der Waals surface area (Å²) < 4.78 is 11.9. The highest BCUT2D eigenvalue weighted by atomic mass is 16.5. The first-order valence-corrected chi connectivity index (χ1v) is 10.2. The number of aromatic hydroxyl groups is 1. The summed E-state index contributed by atoms with van der Waals surface area (Å²) in [4.78, 5) is 12.2. The van der Waals surface area contributed by atoms with E-state index in [1.165, 1.54) is 24.8 Å². The Hall–Kier alpha value is -2.23. The number of unbranched alkanes of at least 4 members (excludes halogenated alkanes) is 4. The van der Waals surface area contributed by atoms with Crippen LogP contribution in [0, 0.1) is 6.92 Å². The highest BCUT2D eigenvalue weighted by molar-refractivity contribution is 5.74. The van der Waals surface area contributed by atoms with E-state index in [1.807, 2.05) is 12.1 Å². The SMILES string of the molecule is CCCCCCc1ccc2c(c1)-c1oc(=O)c(C)c(O)c1C(CCCC)O2. The van der Waals surface area contributed by atoms with E-state index in [0.29, 0.717) is 11.3 Å². The van der Waals surface area contributed by atoms with Crippen molar-refractivity contribution in [1.29, 1.82) is 0 Å². The second-order valence-electron chi connectivity index (χ2n) is 7.50. The summed E-state index contributed by atoms with van der Waals surface area (Å²) in [6.07, 6.45) is 8.32. The van der Waals surface area contributed by atoms with Gasteiger partial charge in [0, 0.05) is 0 Å². The van der Waals surface area contributed by atoms with Crippen LogP contribution >= 0.6 is 0 Å². The standard InChI is InChI=1S/C23H30O4/c1-4-6-8-9-10-16-12-13-18-17(14-16)22-20(19(26-18)11-7-5-2)21(24)15(3)23(25)27-22/h12-14,19,24H,4-11H2,1-3H3. The summed E-state index contributed by atoms with van der Waals surface area (Å²) >= 11 is 0. The molecule has 0 spiro atoms. The zero-order valence-corrected chi connectivity index (χ0v) is 16.6. The molecule has 1 N–H and O–H groups in total. The van der Waals surface area contributed by atoms with Crippen molar-refractivity contribution in [3.05, 3.63) is 45.3 Å². The Bertz CT molecular complexity index is 850. The topological polar surface area (TPSA) is 59.7 Å². The minimum absolute atomic E-state index is 0.0151. The maximum absolute atomic E-state index is 12.2. The molecule has 1 aliphatic heterocycles. The average molecular weight is 370 g/mol. The molecule has 0 saturated carbocycles. The Morgan fingerprint density at radius 2 is 1.85 bits per heavy atom. The smallest absolute Gasteiger partial charge is 0.342 e. The zero-order valence-electron chi connectivity index (χ0n) is 16.6. The van der Waals surface area contributed by atoms with Crippen LogP contribution in [0.2, 0.25) is 0 Å². The van der Waals surface area contributed by atoms with Crippen molar-refractivity contribution >= 4 is 0 Å². The molecule has 1 aromatic carbocycles. The van der Waals surface area contributed by atoms with Crippen molar-refractivity contribution in [1.82, 2.24) is 0 Å². The van der Waals surface area contributed by atoms with E-state index in [9.17, 15) is 9.90 Å². The molecule has 3 rings (SSSR count). The molecule has 4 nitrogen and oxygen atoms in total. The number of hydrogen-bond acceptors (Lipinski definition) is 4. The van der Waals surface area contributed by atoms with Gasteiger partial charge >= 0.3 is 5.63 Å². The molecule has 2 heterocycles. The number of ether oxygens (including phenoxy) is 1. The van der Waals surface area contributed by atoms with E-state index in [1.54, 1.807) is 6.92 Å². The summed E-state index contributed by atoms with van der Waals surface area (Å²) in [5.41, 5.74) is 2.36. The van der Waals surface area contributed by atoms with E-state index in [4.69, 9.17) is 9.15 Å². The van der Waals surface area contributed by atoms with Gasteiger partial charge in [-0.05, 0) is 50.3 Å². The largest absolute Gasteiger partial charge is 0.507 e. The van der Waals surface area contributed by atoms with Gasteiger partial charge < -0.3 is 14.3 Å². The van der Waals surface area contributed by atoms with Crippen molar-refractivity contribution in [3.63, 3.8) is 0 Å². The molecule has 1 aromatic heterocycles. The third kappa shape index (κ3) is 4.05. The van der Waals surface area contributed by atoms with Crippen LogP contribution in [0.4, 0.5) is 0 Å². The molecule has 1 aliphatic rings. The first-order chi connectivity index (χ1) is 13.1. The fourth-order valence-electron chi connectivity index (χ4n) is 3.70. The highest BCUT2D eigenvalue weighted by Crippen LogP contribution is 2.47. The van der Waals surface area contributed by atoms with Gasteiger partial charge in [-0.1, -0.05) is 45.6 Å². The molecule has 0 radical (unpaired) electrons. The normalized spacial score (nSPS) is 15.1. The fraction of sp³-hybridized carbons (Fsp3) is 0.522. The van der Waals surface area contributed by atoms with Crippen LogP contribution in [0.3, 0.4) is 0 Å². The van der Waals surface area contributed by atoms with Crippen molar-refractivity contribution in [2.75, 3.05) is 0 Å². The number of aryl methyl sites for hydroxylation is 1. The second kappa shape index (κ2) is 8.64. The molecule has 1 unspecified atom stereocenters. The lowest BCUT2D eigenvalue weighted by atomic mass is 9.92. The minimum Gasteiger partial charge on any atom is -0.507 e. The monoisotopic (exact) mass is 370 g/mol. The Balaban J connectivity index is 2.00. The Morgan fingerprint density at radius 3 is 2.59 bits per heavy atom. The van der Waals surface area contributed by atoms with E-state index in [0.717, 1.165) is 43.4 Å². The van der Waals surface area contributed by atoms with Gasteiger partial charge in [0.1, 0.15) is 17.6 Å². The summed E-state index contributed by atoms with van der Waals surface area (Å²) in [6.45, 7) is 5.93. The molecule has 0 saturated heterocycles. The predicted molar refractivity (Wildman–Crippen MR) is 108 cm³/mol. The number of rotatable bonds is 8. The number of benzene rings is 1. The molecular weight excluding hydrogens is 340 g/mol. The molecule has 0 fully saturated rings. The average Bonchev–Trinajstić information content (AvgIpc) is 2.67. The summed E-state index contributed by atoms with van der Waals surface area (Å²) in [5.74, 6) is 1.22. The van der Waals surface area contributed by atoms with Crippen LogP contribution in [0.5, 0.6) is 11.5 Å². The van der Waals surface area contributed by atoms with Gasteiger partial charge in [0.05, 0.1) is 16.7 Å². The van der Waals surface area contributed by atoms with E-state index < -0.39 is 5.63 Å². The summed E-state index contributed by atoms with van der Waals surface area (Å²) in [5, 5.41) is 10.6. The molecule has 2 aromatic rings. The van der Waals surface area contributed by atoms with Gasteiger partial charge in [-0.15, -0.1) is 0 Å². The lowest BCUT2D eigenvalue weighted by Gasteiger charge is -2.29. The molecule has 0 amide bonds. The maximum Gasteiger partial charge on any atom is 0.342 e. The van der Waals surface area contributed by atoms with Crippen molar-refractivity contribution in [2.24, 2.45) is 0 Å². The van der Waals surface area contributed by atoms with Crippen molar-refractivity contribution in [2.45, 2.75) is 78.2 Å². The van der Waals surface area contributed by atoms with Gasteiger partial charge in [-0.2, -0.15) is 0 Å². The molecule has 146 valence electrons. The molecule has 0 bridgehead atoms. The predicted octanol–water partition coefficient (Wildman–Crippen LogP) is 6.07. The van der Waals surface area contributed by atoms with Crippen LogP contribution in [0.1, 0.15) is 81.6 Å². The zero-order chi connectivity index (χ0) is 19.4. The number of fused-ring (bicyclic) bond motifs is 3. The van der Waals surface area contributed by atoms with E-state index in [2.05, 4.69) is 19.9 Å².